The summed E-state index contributed by atoms with van der Waals surface area (Å²) in [5.74, 6) is 1.64. The predicted molar refractivity (Wildman–Crippen MR) is 95.3 cm³/mol. The number of pyridine rings is 1. The van der Waals surface area contributed by atoms with E-state index in [0.29, 0.717) is 6.61 Å². The van der Waals surface area contributed by atoms with E-state index in [2.05, 4.69) is 34.6 Å². The lowest BCUT2D eigenvalue weighted by Crippen LogP contribution is -1.99. The Morgan fingerprint density at radius 3 is 2.48 bits per heavy atom. The van der Waals surface area contributed by atoms with Gasteiger partial charge in [-0.15, -0.1) is 0 Å². The van der Waals surface area contributed by atoms with E-state index in [9.17, 15) is 0 Å². The van der Waals surface area contributed by atoms with Crippen LogP contribution in [0, 0.1) is 6.92 Å². The molecule has 3 rings (SSSR count). The van der Waals surface area contributed by atoms with Crippen LogP contribution < -0.4 is 10.1 Å². The first-order chi connectivity index (χ1) is 11.3. The molecule has 3 heteroatoms. The molecule has 116 valence electrons. The molecule has 0 fully saturated rings. The zero-order chi connectivity index (χ0) is 16.1. The molecule has 0 saturated heterocycles. The van der Waals surface area contributed by atoms with Crippen LogP contribution in [0.25, 0.3) is 11.1 Å². The van der Waals surface area contributed by atoms with Crippen LogP contribution in [-0.4, -0.2) is 11.6 Å². The Kier molecular flexibility index (Phi) is 4.57. The van der Waals surface area contributed by atoms with Crippen molar-refractivity contribution >= 4 is 11.5 Å². The highest BCUT2D eigenvalue weighted by molar-refractivity contribution is 5.74. The molecule has 0 spiro atoms. The molecule has 0 aliphatic heterocycles. The van der Waals surface area contributed by atoms with Crippen LogP contribution in [0.5, 0.6) is 5.75 Å². The third-order valence-corrected chi connectivity index (χ3v) is 3.56. The van der Waals surface area contributed by atoms with Crippen LogP contribution in [0.1, 0.15) is 12.5 Å². The Labute approximate surface area is 137 Å². The van der Waals surface area contributed by atoms with Crippen molar-refractivity contribution in [3.8, 4) is 16.9 Å². The van der Waals surface area contributed by atoms with Gasteiger partial charge in [0.15, 0.2) is 0 Å². The molecule has 0 aliphatic rings. The van der Waals surface area contributed by atoms with Gasteiger partial charge >= 0.3 is 0 Å². The third kappa shape index (κ3) is 3.69. The second-order valence-electron chi connectivity index (χ2n) is 5.36. The van der Waals surface area contributed by atoms with E-state index in [1.807, 2.05) is 56.4 Å². The lowest BCUT2D eigenvalue weighted by molar-refractivity contribution is 0.342. The van der Waals surface area contributed by atoms with Gasteiger partial charge in [0.25, 0.3) is 0 Å². The van der Waals surface area contributed by atoms with Crippen molar-refractivity contribution in [1.29, 1.82) is 0 Å². The zero-order valence-corrected chi connectivity index (χ0v) is 13.4. The first-order valence-corrected chi connectivity index (χ1v) is 7.78. The average molecular weight is 304 g/mol. The lowest BCUT2D eigenvalue weighted by atomic mass is 10.0. The molecule has 3 nitrogen and oxygen atoms in total. The number of anilines is 2. The summed E-state index contributed by atoms with van der Waals surface area (Å²) < 4.78 is 5.73. The normalized spacial score (nSPS) is 10.3. The summed E-state index contributed by atoms with van der Waals surface area (Å²) in [5.41, 5.74) is 4.38. The quantitative estimate of drug-likeness (QED) is 0.703. The molecule has 23 heavy (non-hydrogen) atoms. The molecule has 0 atom stereocenters. The SMILES string of the molecule is CCOc1ccc(-c2ccccc2)cc1Nc1ccc(C)cn1. The number of nitrogens with one attached hydrogen (secondary N) is 1. The standard InChI is InChI=1S/C20H20N2O/c1-3-23-19-11-10-17(16-7-5-4-6-8-16)13-18(19)22-20-12-9-15(2)14-21-20/h4-14H,3H2,1-2H3,(H,21,22). The molecule has 1 heterocycles. The molecule has 0 radical (unpaired) electrons. The van der Waals surface area contributed by atoms with E-state index in [0.717, 1.165) is 28.4 Å². The van der Waals surface area contributed by atoms with E-state index in [1.165, 1.54) is 5.56 Å². The van der Waals surface area contributed by atoms with E-state index in [-0.39, 0.29) is 0 Å². The summed E-state index contributed by atoms with van der Waals surface area (Å²) in [7, 11) is 0. The second-order valence-corrected chi connectivity index (χ2v) is 5.36. The number of hydrogen-bond acceptors (Lipinski definition) is 3. The predicted octanol–water partition coefficient (Wildman–Crippen LogP) is 5.20. The topological polar surface area (TPSA) is 34.1 Å². The van der Waals surface area contributed by atoms with Gasteiger partial charge in [0, 0.05) is 6.20 Å². The maximum absolute atomic E-state index is 5.73. The monoisotopic (exact) mass is 304 g/mol. The highest BCUT2D eigenvalue weighted by Crippen LogP contribution is 2.32. The number of rotatable bonds is 5. The Hall–Kier alpha value is -2.81. The van der Waals surface area contributed by atoms with Crippen LogP contribution in [0.3, 0.4) is 0 Å². The van der Waals surface area contributed by atoms with Gasteiger partial charge in [0.2, 0.25) is 0 Å². The van der Waals surface area contributed by atoms with E-state index >= 15 is 0 Å². The zero-order valence-electron chi connectivity index (χ0n) is 13.4. The molecule has 0 saturated carbocycles. The maximum Gasteiger partial charge on any atom is 0.142 e. The van der Waals surface area contributed by atoms with Crippen molar-refractivity contribution in [3.63, 3.8) is 0 Å². The molecule has 2 aromatic carbocycles. The largest absolute Gasteiger partial charge is 0.492 e. The number of benzene rings is 2. The van der Waals surface area contributed by atoms with Crippen molar-refractivity contribution in [2.45, 2.75) is 13.8 Å². The maximum atomic E-state index is 5.73. The molecule has 3 aromatic rings. The number of ether oxygens (including phenoxy) is 1. The Bertz CT molecular complexity index is 767. The number of nitrogens with zero attached hydrogens (tertiary/aromatic N) is 1. The molecular formula is C20H20N2O. The molecule has 0 unspecified atom stereocenters. The molecule has 0 amide bonds. The highest BCUT2D eigenvalue weighted by atomic mass is 16.5. The Morgan fingerprint density at radius 2 is 1.78 bits per heavy atom. The highest BCUT2D eigenvalue weighted by Gasteiger charge is 2.07. The smallest absolute Gasteiger partial charge is 0.142 e. The summed E-state index contributed by atoms with van der Waals surface area (Å²) in [6.07, 6.45) is 1.85. The van der Waals surface area contributed by atoms with Gasteiger partial charge in [0.1, 0.15) is 11.6 Å². The summed E-state index contributed by atoms with van der Waals surface area (Å²) in [6, 6.07) is 20.5. The average Bonchev–Trinajstić information content (AvgIpc) is 2.59. The number of aromatic nitrogens is 1. The summed E-state index contributed by atoms with van der Waals surface area (Å²) in [5, 5.41) is 3.36. The van der Waals surface area contributed by atoms with Crippen LogP contribution in [0.4, 0.5) is 11.5 Å². The second kappa shape index (κ2) is 6.97. The van der Waals surface area contributed by atoms with Gasteiger partial charge in [-0.1, -0.05) is 42.5 Å². The Balaban J connectivity index is 1.96. The minimum Gasteiger partial charge on any atom is -0.492 e. The van der Waals surface area contributed by atoms with E-state index in [4.69, 9.17) is 4.74 Å². The lowest BCUT2D eigenvalue weighted by Gasteiger charge is -2.14. The minimum atomic E-state index is 0.626. The van der Waals surface area contributed by atoms with Crippen molar-refractivity contribution in [1.82, 2.24) is 4.98 Å². The van der Waals surface area contributed by atoms with Crippen molar-refractivity contribution in [2.24, 2.45) is 0 Å². The molecule has 1 aromatic heterocycles. The fourth-order valence-corrected chi connectivity index (χ4v) is 2.40. The van der Waals surface area contributed by atoms with Gasteiger partial charge in [-0.3, -0.25) is 0 Å². The summed E-state index contributed by atoms with van der Waals surface area (Å²) in [4.78, 5) is 4.41. The van der Waals surface area contributed by atoms with E-state index < -0.39 is 0 Å². The first kappa shape index (κ1) is 15.1. The van der Waals surface area contributed by atoms with Crippen LogP contribution >= 0.6 is 0 Å². The first-order valence-electron chi connectivity index (χ1n) is 7.78. The fourth-order valence-electron chi connectivity index (χ4n) is 2.40. The van der Waals surface area contributed by atoms with Crippen LogP contribution in [0.15, 0.2) is 66.9 Å². The molecular weight excluding hydrogens is 284 g/mol. The molecule has 1 N–H and O–H groups in total. The Morgan fingerprint density at radius 1 is 0.957 bits per heavy atom. The minimum absolute atomic E-state index is 0.626. The molecule has 0 bridgehead atoms. The van der Waals surface area contributed by atoms with E-state index in [1.54, 1.807) is 0 Å². The van der Waals surface area contributed by atoms with Gasteiger partial charge < -0.3 is 10.1 Å². The van der Waals surface area contributed by atoms with Crippen molar-refractivity contribution in [3.05, 3.63) is 72.4 Å². The molecule has 0 aliphatic carbocycles. The van der Waals surface area contributed by atoms with Crippen LogP contribution in [0.2, 0.25) is 0 Å². The third-order valence-electron chi connectivity index (χ3n) is 3.56. The van der Waals surface area contributed by atoms with Crippen LogP contribution in [-0.2, 0) is 0 Å². The van der Waals surface area contributed by atoms with Gasteiger partial charge in [-0.25, -0.2) is 4.98 Å². The van der Waals surface area contributed by atoms with Gasteiger partial charge in [-0.05, 0) is 48.7 Å². The van der Waals surface area contributed by atoms with Crippen molar-refractivity contribution < 1.29 is 4.74 Å². The van der Waals surface area contributed by atoms with Crippen molar-refractivity contribution in [2.75, 3.05) is 11.9 Å². The van der Waals surface area contributed by atoms with Gasteiger partial charge in [-0.2, -0.15) is 0 Å². The van der Waals surface area contributed by atoms with Gasteiger partial charge in [0.05, 0.1) is 12.3 Å². The summed E-state index contributed by atoms with van der Waals surface area (Å²) >= 11 is 0. The number of hydrogen-bond donors (Lipinski definition) is 1. The fraction of sp³-hybridized carbons (Fsp3) is 0.150. The number of aryl methyl sites for hydroxylation is 1. The summed E-state index contributed by atoms with van der Waals surface area (Å²) in [6.45, 7) is 4.64.